The molecule has 0 spiro atoms. The quantitative estimate of drug-likeness (QED) is 0.478. The van der Waals surface area contributed by atoms with E-state index >= 15 is 0 Å². The maximum atomic E-state index is 12.9. The Balaban J connectivity index is 1.69. The molecule has 1 aromatic heterocycles. The lowest BCUT2D eigenvalue weighted by Crippen LogP contribution is -2.22. The van der Waals surface area contributed by atoms with E-state index in [0.717, 1.165) is 12.1 Å². The number of hydrogen-bond donors (Lipinski definition) is 2. The zero-order valence-corrected chi connectivity index (χ0v) is 17.4. The van der Waals surface area contributed by atoms with Gasteiger partial charge in [-0.05, 0) is 48.5 Å². The van der Waals surface area contributed by atoms with Gasteiger partial charge in [0.1, 0.15) is 17.5 Å². The zero-order valence-electron chi connectivity index (χ0n) is 16.6. The molecule has 0 saturated heterocycles. The van der Waals surface area contributed by atoms with Crippen LogP contribution >= 0.6 is 11.6 Å². The van der Waals surface area contributed by atoms with Crippen molar-refractivity contribution in [3.63, 3.8) is 0 Å². The van der Waals surface area contributed by atoms with Crippen molar-refractivity contribution in [2.75, 3.05) is 17.2 Å². The molecule has 0 radical (unpaired) electrons. The average molecular weight is 475 g/mol. The van der Waals surface area contributed by atoms with Gasteiger partial charge in [-0.15, -0.1) is 0 Å². The van der Waals surface area contributed by atoms with Crippen molar-refractivity contribution in [3.8, 4) is 6.07 Å². The molecule has 11 heteroatoms. The molecule has 0 atom stereocenters. The summed E-state index contributed by atoms with van der Waals surface area (Å²) in [4.78, 5) is 28.6. The topological polar surface area (TPSA) is 104 Å². The summed E-state index contributed by atoms with van der Waals surface area (Å²) in [6.07, 6.45) is -3.20. The van der Waals surface area contributed by atoms with E-state index < -0.39 is 30.2 Å². The van der Waals surface area contributed by atoms with Crippen molar-refractivity contribution in [2.24, 2.45) is 0 Å². The molecule has 168 valence electrons. The largest absolute Gasteiger partial charge is 0.452 e. The molecule has 3 aromatic rings. The summed E-state index contributed by atoms with van der Waals surface area (Å²) in [6.45, 7) is -0.686. The fraction of sp³-hybridized carbons (Fsp3) is 0.0909. The summed E-state index contributed by atoms with van der Waals surface area (Å²) < 4.78 is 43.8. The minimum atomic E-state index is -4.54. The van der Waals surface area contributed by atoms with Crippen molar-refractivity contribution in [2.45, 2.75) is 6.18 Å². The summed E-state index contributed by atoms with van der Waals surface area (Å²) in [5.41, 5.74) is -0.594. The molecular weight excluding hydrogens is 461 g/mol. The van der Waals surface area contributed by atoms with Gasteiger partial charge in [-0.25, -0.2) is 9.78 Å². The Kier molecular flexibility index (Phi) is 7.15. The normalized spacial score (nSPS) is 10.8. The van der Waals surface area contributed by atoms with Crippen LogP contribution in [0.25, 0.3) is 0 Å². The third-order valence-electron chi connectivity index (χ3n) is 4.19. The smallest absolute Gasteiger partial charge is 0.416 e. The second-order valence-electron chi connectivity index (χ2n) is 6.53. The first-order valence-corrected chi connectivity index (χ1v) is 9.61. The van der Waals surface area contributed by atoms with Gasteiger partial charge >= 0.3 is 12.1 Å². The highest BCUT2D eigenvalue weighted by molar-refractivity contribution is 6.31. The molecule has 3 rings (SSSR count). The van der Waals surface area contributed by atoms with Gasteiger partial charge in [-0.1, -0.05) is 17.7 Å². The highest BCUT2D eigenvalue weighted by Gasteiger charge is 2.30. The first-order valence-electron chi connectivity index (χ1n) is 9.23. The summed E-state index contributed by atoms with van der Waals surface area (Å²) in [5.74, 6) is -1.71. The highest BCUT2D eigenvalue weighted by atomic mass is 35.5. The van der Waals surface area contributed by atoms with Crippen LogP contribution in [0.4, 0.5) is 30.4 Å². The van der Waals surface area contributed by atoms with E-state index in [0.29, 0.717) is 5.02 Å². The number of amides is 1. The van der Waals surface area contributed by atoms with Crippen LogP contribution in [-0.2, 0) is 15.7 Å². The standard InChI is InChI=1S/C22H14ClF3N4O3/c23-15-7-6-13(11-27)18(10-15)30-19(31)12-33-21(32)17-5-2-8-28-20(17)29-16-4-1-3-14(9-16)22(24,25)26/h1-10H,12H2,(H,28,29)(H,30,31). The number of ether oxygens (including phenoxy) is 1. The average Bonchev–Trinajstić information content (AvgIpc) is 2.78. The number of nitrogens with one attached hydrogen (secondary N) is 2. The Bertz CT molecular complexity index is 1240. The Morgan fingerprint density at radius 2 is 1.91 bits per heavy atom. The number of nitrogens with zero attached hydrogens (tertiary/aromatic N) is 2. The Morgan fingerprint density at radius 1 is 1.12 bits per heavy atom. The molecule has 33 heavy (non-hydrogen) atoms. The molecule has 2 aromatic carbocycles. The molecule has 0 unspecified atom stereocenters. The first kappa shape index (κ1) is 23.6. The van der Waals surface area contributed by atoms with Crippen LogP contribution < -0.4 is 10.6 Å². The summed E-state index contributed by atoms with van der Waals surface area (Å²) in [7, 11) is 0. The van der Waals surface area contributed by atoms with E-state index in [1.807, 2.05) is 6.07 Å². The number of carbonyl (C=O) groups excluding carboxylic acids is 2. The van der Waals surface area contributed by atoms with Crippen LogP contribution in [0, 0.1) is 11.3 Å². The molecule has 0 aliphatic rings. The fourth-order valence-corrected chi connectivity index (χ4v) is 2.86. The minimum Gasteiger partial charge on any atom is -0.452 e. The van der Waals surface area contributed by atoms with E-state index in [2.05, 4.69) is 15.6 Å². The summed E-state index contributed by atoms with van der Waals surface area (Å²) in [6, 6.07) is 13.3. The van der Waals surface area contributed by atoms with Gasteiger partial charge in [-0.2, -0.15) is 18.4 Å². The number of rotatable bonds is 6. The lowest BCUT2D eigenvalue weighted by molar-refractivity contribution is -0.137. The molecule has 0 fully saturated rings. The maximum Gasteiger partial charge on any atom is 0.416 e. The van der Waals surface area contributed by atoms with E-state index in [-0.39, 0.29) is 28.3 Å². The number of benzene rings is 2. The van der Waals surface area contributed by atoms with E-state index in [9.17, 15) is 22.8 Å². The van der Waals surface area contributed by atoms with Crippen molar-refractivity contribution < 1.29 is 27.5 Å². The van der Waals surface area contributed by atoms with Crippen LogP contribution in [0.3, 0.4) is 0 Å². The van der Waals surface area contributed by atoms with Crippen LogP contribution in [0.5, 0.6) is 0 Å². The van der Waals surface area contributed by atoms with Crippen LogP contribution in [0.15, 0.2) is 60.8 Å². The second kappa shape index (κ2) is 10.0. The number of anilines is 3. The van der Waals surface area contributed by atoms with E-state index in [4.69, 9.17) is 21.6 Å². The molecule has 1 amide bonds. The lowest BCUT2D eigenvalue weighted by Gasteiger charge is -2.13. The van der Waals surface area contributed by atoms with Gasteiger partial charge in [0.2, 0.25) is 0 Å². The fourth-order valence-electron chi connectivity index (χ4n) is 2.69. The van der Waals surface area contributed by atoms with Crippen molar-refractivity contribution in [1.82, 2.24) is 4.98 Å². The van der Waals surface area contributed by atoms with Crippen LogP contribution in [0.1, 0.15) is 21.5 Å². The molecule has 2 N–H and O–H groups in total. The van der Waals surface area contributed by atoms with Gasteiger partial charge in [0.25, 0.3) is 5.91 Å². The number of carbonyl (C=O) groups is 2. The molecule has 0 aliphatic carbocycles. The number of esters is 1. The molecule has 0 aliphatic heterocycles. The predicted octanol–water partition coefficient (Wildman–Crippen LogP) is 5.16. The van der Waals surface area contributed by atoms with Crippen molar-refractivity contribution >= 4 is 40.7 Å². The SMILES string of the molecule is N#Cc1ccc(Cl)cc1NC(=O)COC(=O)c1cccnc1Nc1cccc(C(F)(F)F)c1. The number of nitriles is 1. The summed E-state index contributed by atoms with van der Waals surface area (Å²) in [5, 5.41) is 14.5. The number of hydrogen-bond acceptors (Lipinski definition) is 6. The molecule has 7 nitrogen and oxygen atoms in total. The van der Waals surface area contributed by atoms with Gasteiger partial charge in [0.05, 0.1) is 16.8 Å². The zero-order chi connectivity index (χ0) is 24.0. The second-order valence-corrected chi connectivity index (χ2v) is 6.97. The van der Waals surface area contributed by atoms with E-state index in [1.54, 1.807) is 0 Å². The minimum absolute atomic E-state index is 0.0520. The van der Waals surface area contributed by atoms with Crippen LogP contribution in [0.2, 0.25) is 5.02 Å². The van der Waals surface area contributed by atoms with Crippen LogP contribution in [-0.4, -0.2) is 23.5 Å². The molecule has 0 bridgehead atoms. The molecular formula is C22H14ClF3N4O3. The monoisotopic (exact) mass is 474 g/mol. The molecule has 0 saturated carbocycles. The van der Waals surface area contributed by atoms with Crippen molar-refractivity contribution in [3.05, 3.63) is 82.5 Å². The summed E-state index contributed by atoms with van der Waals surface area (Å²) >= 11 is 5.86. The highest BCUT2D eigenvalue weighted by Crippen LogP contribution is 2.31. The lowest BCUT2D eigenvalue weighted by atomic mass is 10.2. The van der Waals surface area contributed by atoms with Gasteiger partial charge in [0, 0.05) is 16.9 Å². The maximum absolute atomic E-state index is 12.9. The van der Waals surface area contributed by atoms with Gasteiger partial charge < -0.3 is 15.4 Å². The third kappa shape index (κ3) is 6.21. The number of alkyl halides is 3. The van der Waals surface area contributed by atoms with Gasteiger partial charge in [0.15, 0.2) is 6.61 Å². The van der Waals surface area contributed by atoms with Gasteiger partial charge in [-0.3, -0.25) is 4.79 Å². The Labute approximate surface area is 190 Å². The Morgan fingerprint density at radius 3 is 2.64 bits per heavy atom. The van der Waals surface area contributed by atoms with E-state index in [1.165, 1.54) is 48.7 Å². The number of halogens is 4. The molecule has 1 heterocycles. The first-order chi connectivity index (χ1) is 15.7. The number of aromatic nitrogens is 1. The predicted molar refractivity (Wildman–Crippen MR) is 114 cm³/mol. The number of pyridine rings is 1. The third-order valence-corrected chi connectivity index (χ3v) is 4.43. The van der Waals surface area contributed by atoms with Crippen molar-refractivity contribution in [1.29, 1.82) is 5.26 Å². The Hall–Kier alpha value is -4.10.